The maximum Gasteiger partial charge on any atom is 0.252 e. The van der Waals surface area contributed by atoms with Crippen LogP contribution in [-0.4, -0.2) is 17.4 Å². The van der Waals surface area contributed by atoms with Crippen molar-refractivity contribution in [2.24, 2.45) is 0 Å². The molecule has 0 saturated carbocycles. The number of amides is 1. The van der Waals surface area contributed by atoms with Crippen LogP contribution in [0.1, 0.15) is 29.3 Å². The van der Waals surface area contributed by atoms with Crippen LogP contribution in [0, 0.1) is 0 Å². The second-order valence-corrected chi connectivity index (χ2v) is 6.19. The Balaban J connectivity index is 1.73. The highest BCUT2D eigenvalue weighted by Gasteiger charge is 2.07. The molecule has 1 aromatic heterocycles. The molecule has 0 saturated heterocycles. The maximum absolute atomic E-state index is 12.0. The van der Waals surface area contributed by atoms with Gasteiger partial charge in [-0.2, -0.15) is 0 Å². The normalized spacial score (nSPS) is 10.6. The van der Waals surface area contributed by atoms with Gasteiger partial charge in [0.1, 0.15) is 12.4 Å². The molecule has 0 spiro atoms. The predicted molar refractivity (Wildman–Crippen MR) is 100 cm³/mol. The van der Waals surface area contributed by atoms with Crippen molar-refractivity contribution < 1.29 is 9.53 Å². The minimum atomic E-state index is -0.0995. The Labute approximate surface area is 151 Å². The van der Waals surface area contributed by atoms with E-state index in [1.54, 1.807) is 6.20 Å². The Morgan fingerprint density at radius 1 is 1.20 bits per heavy atom. The second-order valence-electron chi connectivity index (χ2n) is 5.75. The Kier molecular flexibility index (Phi) is 5.51. The molecule has 0 atom stereocenters. The van der Waals surface area contributed by atoms with Crippen LogP contribution in [0.4, 0.5) is 0 Å². The average Bonchev–Trinajstić information content (AvgIpc) is 2.64. The van der Waals surface area contributed by atoms with E-state index in [1.807, 2.05) is 55.5 Å². The summed E-state index contributed by atoms with van der Waals surface area (Å²) in [5.74, 6) is 0.626. The van der Waals surface area contributed by atoms with Crippen LogP contribution in [0.25, 0.3) is 10.9 Å². The van der Waals surface area contributed by atoms with E-state index in [1.165, 1.54) is 0 Å². The van der Waals surface area contributed by atoms with E-state index in [-0.39, 0.29) is 5.91 Å². The highest BCUT2D eigenvalue weighted by molar-refractivity contribution is 6.30. The van der Waals surface area contributed by atoms with Crippen molar-refractivity contribution in [3.05, 3.63) is 70.9 Å². The van der Waals surface area contributed by atoms with Gasteiger partial charge in [-0.05, 0) is 42.3 Å². The molecule has 1 amide bonds. The molecule has 128 valence electrons. The zero-order valence-electron chi connectivity index (χ0n) is 14.0. The van der Waals surface area contributed by atoms with Crippen molar-refractivity contribution in [1.82, 2.24) is 10.3 Å². The molecule has 0 aliphatic heterocycles. The lowest BCUT2D eigenvalue weighted by Crippen LogP contribution is -2.24. The summed E-state index contributed by atoms with van der Waals surface area (Å²) in [6.07, 6.45) is 2.49. The van der Waals surface area contributed by atoms with E-state index in [0.717, 1.165) is 28.6 Å². The Bertz CT molecular complexity index is 896. The lowest BCUT2D eigenvalue weighted by molar-refractivity contribution is 0.0953. The van der Waals surface area contributed by atoms with Gasteiger partial charge in [-0.25, -0.2) is 0 Å². The van der Waals surface area contributed by atoms with Gasteiger partial charge >= 0.3 is 0 Å². The molecule has 0 aliphatic carbocycles. The summed E-state index contributed by atoms with van der Waals surface area (Å²) in [4.78, 5) is 16.4. The largest absolute Gasteiger partial charge is 0.489 e. The molecular formula is C20H19ClN2O2. The molecular weight excluding hydrogens is 336 g/mol. The van der Waals surface area contributed by atoms with Crippen molar-refractivity contribution >= 4 is 28.4 Å². The highest BCUT2D eigenvalue weighted by Crippen LogP contribution is 2.21. The van der Waals surface area contributed by atoms with Crippen LogP contribution in [0.3, 0.4) is 0 Å². The van der Waals surface area contributed by atoms with Crippen molar-refractivity contribution in [2.45, 2.75) is 20.0 Å². The number of nitrogens with zero attached hydrogens (tertiary/aromatic N) is 1. The minimum Gasteiger partial charge on any atom is -0.489 e. The number of aromatic nitrogens is 1. The first-order valence-electron chi connectivity index (χ1n) is 8.21. The molecule has 0 aliphatic rings. The fraction of sp³-hybridized carbons (Fsp3) is 0.200. The zero-order valence-corrected chi connectivity index (χ0v) is 14.7. The number of rotatable bonds is 6. The van der Waals surface area contributed by atoms with Gasteiger partial charge in [-0.1, -0.05) is 30.7 Å². The summed E-state index contributed by atoms with van der Waals surface area (Å²) in [5, 5.41) is 4.45. The number of ether oxygens (including phenoxy) is 1. The first-order chi connectivity index (χ1) is 12.2. The first kappa shape index (κ1) is 17.2. The molecule has 5 heteroatoms. The van der Waals surface area contributed by atoms with E-state index < -0.39 is 0 Å². The number of hydrogen-bond donors (Lipinski definition) is 1. The lowest BCUT2D eigenvalue weighted by Gasteiger charge is -2.08. The number of carbonyl (C=O) groups is 1. The highest BCUT2D eigenvalue weighted by atomic mass is 35.5. The summed E-state index contributed by atoms with van der Waals surface area (Å²) in [7, 11) is 0. The predicted octanol–water partition coefficient (Wildman–Crippen LogP) is 4.61. The van der Waals surface area contributed by atoms with E-state index in [4.69, 9.17) is 16.3 Å². The van der Waals surface area contributed by atoms with Crippen molar-refractivity contribution in [3.63, 3.8) is 0 Å². The zero-order chi connectivity index (χ0) is 17.6. The van der Waals surface area contributed by atoms with Gasteiger partial charge in [-0.3, -0.25) is 9.78 Å². The van der Waals surface area contributed by atoms with Crippen LogP contribution in [0.15, 0.2) is 54.7 Å². The molecule has 3 rings (SSSR count). The van der Waals surface area contributed by atoms with Crippen LogP contribution in [0.5, 0.6) is 5.75 Å². The number of nitrogens with one attached hydrogen (secondary N) is 1. The quantitative estimate of drug-likeness (QED) is 0.703. The molecule has 3 aromatic rings. The monoisotopic (exact) mass is 354 g/mol. The van der Waals surface area contributed by atoms with Gasteiger partial charge in [0, 0.05) is 29.2 Å². The van der Waals surface area contributed by atoms with E-state index >= 15 is 0 Å². The van der Waals surface area contributed by atoms with Crippen LogP contribution >= 0.6 is 11.6 Å². The Morgan fingerprint density at radius 3 is 2.88 bits per heavy atom. The van der Waals surface area contributed by atoms with Gasteiger partial charge in [0.2, 0.25) is 0 Å². The summed E-state index contributed by atoms with van der Waals surface area (Å²) in [5.41, 5.74) is 2.35. The molecule has 2 aromatic carbocycles. The third kappa shape index (κ3) is 4.48. The number of pyridine rings is 1. The molecule has 0 bridgehead atoms. The van der Waals surface area contributed by atoms with Gasteiger partial charge in [-0.15, -0.1) is 0 Å². The standard InChI is InChI=1S/C20H19ClN2O2/c1-2-8-22-20(24)16-10-15-6-7-18(11-19(15)23-12-16)25-13-14-4-3-5-17(21)9-14/h3-7,9-12H,2,8,13H2,1H3,(H,22,24). The summed E-state index contributed by atoms with van der Waals surface area (Å²) < 4.78 is 5.81. The van der Waals surface area contributed by atoms with Crippen molar-refractivity contribution in [1.29, 1.82) is 0 Å². The van der Waals surface area contributed by atoms with Gasteiger partial charge in [0.15, 0.2) is 0 Å². The summed E-state index contributed by atoms with van der Waals surface area (Å²) in [6, 6.07) is 15.1. The SMILES string of the molecule is CCCNC(=O)c1cnc2cc(OCc3cccc(Cl)c3)ccc2c1. The Hall–Kier alpha value is -2.59. The number of halogens is 1. The molecule has 0 fully saturated rings. The fourth-order valence-corrected chi connectivity index (χ4v) is 2.66. The third-order valence-corrected chi connectivity index (χ3v) is 3.98. The number of benzene rings is 2. The molecule has 0 unspecified atom stereocenters. The number of hydrogen-bond acceptors (Lipinski definition) is 3. The fourth-order valence-electron chi connectivity index (χ4n) is 2.45. The van der Waals surface area contributed by atoms with Gasteiger partial charge in [0.25, 0.3) is 5.91 Å². The lowest BCUT2D eigenvalue weighted by atomic mass is 10.1. The smallest absolute Gasteiger partial charge is 0.252 e. The van der Waals surface area contributed by atoms with Gasteiger partial charge in [0.05, 0.1) is 11.1 Å². The van der Waals surface area contributed by atoms with E-state index in [9.17, 15) is 4.79 Å². The van der Waals surface area contributed by atoms with Crippen LogP contribution in [-0.2, 0) is 6.61 Å². The van der Waals surface area contributed by atoms with Gasteiger partial charge < -0.3 is 10.1 Å². The molecule has 0 radical (unpaired) electrons. The molecule has 4 nitrogen and oxygen atoms in total. The van der Waals surface area contributed by atoms with E-state index in [0.29, 0.717) is 23.7 Å². The molecule has 1 heterocycles. The van der Waals surface area contributed by atoms with Crippen LogP contribution < -0.4 is 10.1 Å². The van der Waals surface area contributed by atoms with Crippen molar-refractivity contribution in [3.8, 4) is 5.75 Å². The average molecular weight is 355 g/mol. The Morgan fingerprint density at radius 2 is 2.08 bits per heavy atom. The second kappa shape index (κ2) is 7.99. The molecule has 25 heavy (non-hydrogen) atoms. The number of carbonyl (C=O) groups excluding carboxylic acids is 1. The minimum absolute atomic E-state index is 0.0995. The third-order valence-electron chi connectivity index (χ3n) is 3.75. The topological polar surface area (TPSA) is 51.2 Å². The summed E-state index contributed by atoms with van der Waals surface area (Å²) >= 11 is 5.98. The number of fused-ring (bicyclic) bond motifs is 1. The summed E-state index contributed by atoms with van der Waals surface area (Å²) in [6.45, 7) is 3.11. The molecule has 1 N–H and O–H groups in total. The van der Waals surface area contributed by atoms with E-state index in [2.05, 4.69) is 10.3 Å². The van der Waals surface area contributed by atoms with Crippen LogP contribution in [0.2, 0.25) is 5.02 Å². The first-order valence-corrected chi connectivity index (χ1v) is 8.59. The maximum atomic E-state index is 12.0. The van der Waals surface area contributed by atoms with Crippen molar-refractivity contribution in [2.75, 3.05) is 6.54 Å².